The van der Waals surface area contributed by atoms with E-state index in [1.54, 1.807) is 0 Å². The Hall–Kier alpha value is -1.57. The van der Waals surface area contributed by atoms with Crippen molar-refractivity contribution in [1.29, 1.82) is 0 Å². The molecule has 0 aliphatic carbocycles. The monoisotopic (exact) mass is 238 g/mol. The highest BCUT2D eigenvalue weighted by Crippen LogP contribution is 1.91. The Labute approximate surface area is 101 Å². The van der Waals surface area contributed by atoms with Gasteiger partial charge in [0.05, 0.1) is 10.2 Å². The average Bonchev–Trinajstić information content (AvgIpc) is 2.38. The predicted molar refractivity (Wildman–Crippen MR) is 77.0 cm³/mol. The molecule has 0 aliphatic heterocycles. The number of rotatable bonds is 2. The Balaban J connectivity index is 2.42. The molecule has 0 fully saturated rings. The molecule has 2 aromatic rings. The standard InChI is InChI=1S/C14H14Si2/c15-11-12-16(13-7-3-1-4-8-13)14-9-5-2-6-10-14/h1-10,16H,15H3. The van der Waals surface area contributed by atoms with Crippen LogP contribution in [-0.2, 0) is 0 Å². The van der Waals surface area contributed by atoms with Gasteiger partial charge in [-0.25, -0.2) is 0 Å². The van der Waals surface area contributed by atoms with Crippen molar-refractivity contribution in [2.24, 2.45) is 0 Å². The van der Waals surface area contributed by atoms with Gasteiger partial charge < -0.3 is 0 Å². The molecule has 0 heterocycles. The van der Waals surface area contributed by atoms with Crippen molar-refractivity contribution in [1.82, 2.24) is 0 Å². The van der Waals surface area contributed by atoms with Gasteiger partial charge in [-0.2, -0.15) is 5.54 Å². The lowest BCUT2D eigenvalue weighted by Crippen LogP contribution is -2.41. The third-order valence-corrected chi connectivity index (χ3v) is 6.10. The lowest BCUT2D eigenvalue weighted by atomic mass is 10.4. The zero-order valence-electron chi connectivity index (χ0n) is 9.35. The topological polar surface area (TPSA) is 0 Å². The summed E-state index contributed by atoms with van der Waals surface area (Å²) in [5.74, 6) is 0. The molecule has 0 radical (unpaired) electrons. The maximum Gasteiger partial charge on any atom is 0.182 e. The fourth-order valence-electron chi connectivity index (χ4n) is 1.79. The first-order chi connectivity index (χ1) is 7.92. The van der Waals surface area contributed by atoms with Gasteiger partial charge in [-0.15, -0.1) is 5.54 Å². The number of hydrogen-bond donors (Lipinski definition) is 0. The van der Waals surface area contributed by atoms with E-state index in [0.29, 0.717) is 0 Å². The van der Waals surface area contributed by atoms with Crippen molar-refractivity contribution < 1.29 is 0 Å². The summed E-state index contributed by atoms with van der Waals surface area (Å²) in [6.07, 6.45) is 0. The maximum atomic E-state index is 3.47. The second-order valence-electron chi connectivity index (χ2n) is 3.65. The first-order valence-electron chi connectivity index (χ1n) is 5.44. The summed E-state index contributed by atoms with van der Waals surface area (Å²) in [6.45, 7) is 0. The van der Waals surface area contributed by atoms with Crippen LogP contribution in [0.1, 0.15) is 0 Å². The molecule has 0 saturated heterocycles. The second kappa shape index (κ2) is 5.50. The van der Waals surface area contributed by atoms with Gasteiger partial charge in [0.2, 0.25) is 0 Å². The molecular weight excluding hydrogens is 224 g/mol. The van der Waals surface area contributed by atoms with E-state index in [1.165, 1.54) is 10.4 Å². The zero-order valence-corrected chi connectivity index (χ0v) is 12.5. The molecule has 2 heteroatoms. The Morgan fingerprint density at radius 1 is 0.750 bits per heavy atom. The molecule has 0 bridgehead atoms. The smallest absolute Gasteiger partial charge is 0.150 e. The maximum absolute atomic E-state index is 3.47. The van der Waals surface area contributed by atoms with E-state index >= 15 is 0 Å². The van der Waals surface area contributed by atoms with E-state index in [2.05, 4.69) is 71.8 Å². The molecule has 0 unspecified atom stereocenters. The molecule has 0 aromatic heterocycles. The second-order valence-corrected chi connectivity index (χ2v) is 6.64. The molecule has 0 aliphatic rings. The van der Waals surface area contributed by atoms with Crippen molar-refractivity contribution in [3.05, 3.63) is 60.7 Å². The average molecular weight is 238 g/mol. The van der Waals surface area contributed by atoms with Gasteiger partial charge in [0.15, 0.2) is 8.80 Å². The van der Waals surface area contributed by atoms with Crippen molar-refractivity contribution in [2.75, 3.05) is 0 Å². The van der Waals surface area contributed by atoms with E-state index in [0.717, 1.165) is 10.2 Å². The molecule has 2 aromatic carbocycles. The van der Waals surface area contributed by atoms with Crippen LogP contribution in [-0.4, -0.2) is 19.0 Å². The van der Waals surface area contributed by atoms with Crippen LogP contribution in [0.5, 0.6) is 0 Å². The highest BCUT2D eigenvalue weighted by Gasteiger charge is 2.12. The minimum Gasteiger partial charge on any atom is -0.150 e. The lowest BCUT2D eigenvalue weighted by molar-refractivity contribution is 1.74. The van der Waals surface area contributed by atoms with Crippen LogP contribution < -0.4 is 10.4 Å². The van der Waals surface area contributed by atoms with E-state index < -0.39 is 8.80 Å². The van der Waals surface area contributed by atoms with Gasteiger partial charge in [-0.1, -0.05) is 60.7 Å². The highest BCUT2D eigenvalue weighted by atomic mass is 28.3. The third kappa shape index (κ3) is 2.51. The molecule has 2 rings (SSSR count). The van der Waals surface area contributed by atoms with Crippen LogP contribution >= 0.6 is 0 Å². The quantitative estimate of drug-likeness (QED) is 0.506. The van der Waals surface area contributed by atoms with Crippen LogP contribution in [0.15, 0.2) is 60.7 Å². The minimum absolute atomic E-state index is 0.963. The molecule has 0 nitrogen and oxygen atoms in total. The van der Waals surface area contributed by atoms with Gasteiger partial charge >= 0.3 is 0 Å². The summed E-state index contributed by atoms with van der Waals surface area (Å²) in [5.41, 5.74) is 6.68. The molecule has 78 valence electrons. The van der Waals surface area contributed by atoms with Gasteiger partial charge in [0, 0.05) is 0 Å². The predicted octanol–water partition coefficient (Wildman–Crippen LogP) is -0.107. The van der Waals surface area contributed by atoms with Gasteiger partial charge in [-0.3, -0.25) is 0 Å². The Bertz CT molecular complexity index is 455. The fourth-order valence-corrected chi connectivity index (χ4v) is 4.88. The zero-order chi connectivity index (χ0) is 11.2. The van der Waals surface area contributed by atoms with Crippen LogP contribution in [0.2, 0.25) is 0 Å². The van der Waals surface area contributed by atoms with Crippen LogP contribution in [0.3, 0.4) is 0 Å². The van der Waals surface area contributed by atoms with Crippen LogP contribution in [0.25, 0.3) is 0 Å². The number of hydrogen-bond acceptors (Lipinski definition) is 0. The van der Waals surface area contributed by atoms with Gasteiger partial charge in [0.1, 0.15) is 0 Å². The molecule has 0 saturated carbocycles. The summed E-state index contributed by atoms with van der Waals surface area (Å²) < 4.78 is 0. The number of benzene rings is 2. The van der Waals surface area contributed by atoms with Gasteiger partial charge in [0.25, 0.3) is 0 Å². The van der Waals surface area contributed by atoms with Crippen molar-refractivity contribution in [2.45, 2.75) is 0 Å². The minimum atomic E-state index is -1.28. The summed E-state index contributed by atoms with van der Waals surface area (Å²) in [5, 5.41) is 2.83. The Morgan fingerprint density at radius 3 is 1.56 bits per heavy atom. The van der Waals surface area contributed by atoms with Crippen LogP contribution in [0.4, 0.5) is 0 Å². The normalized spacial score (nSPS) is 9.81. The SMILES string of the molecule is [SiH3]C#C[SiH](c1ccccc1)c1ccccc1. The summed E-state index contributed by atoms with van der Waals surface area (Å²) in [4.78, 5) is 0. The van der Waals surface area contributed by atoms with E-state index in [-0.39, 0.29) is 0 Å². The Morgan fingerprint density at radius 2 is 1.19 bits per heavy atom. The van der Waals surface area contributed by atoms with E-state index in [1.807, 2.05) is 0 Å². The van der Waals surface area contributed by atoms with E-state index in [9.17, 15) is 0 Å². The lowest BCUT2D eigenvalue weighted by Gasteiger charge is -2.09. The molecular formula is C14H14Si2. The fraction of sp³-hybridized carbons (Fsp3) is 0. The van der Waals surface area contributed by atoms with Crippen molar-refractivity contribution in [3.8, 4) is 11.1 Å². The highest BCUT2D eigenvalue weighted by molar-refractivity contribution is 6.91. The molecule has 0 atom stereocenters. The Kier molecular flexibility index (Phi) is 3.76. The van der Waals surface area contributed by atoms with Gasteiger partial charge in [-0.05, 0) is 10.4 Å². The molecule has 0 amide bonds. The summed E-state index contributed by atoms with van der Waals surface area (Å²) >= 11 is 0. The first-order valence-corrected chi connectivity index (χ1v) is 8.17. The van der Waals surface area contributed by atoms with Crippen molar-refractivity contribution >= 4 is 29.4 Å². The third-order valence-electron chi connectivity index (χ3n) is 2.55. The summed E-state index contributed by atoms with van der Waals surface area (Å²) in [7, 11) is -0.314. The largest absolute Gasteiger partial charge is 0.182 e. The first kappa shape index (κ1) is 10.9. The summed E-state index contributed by atoms with van der Waals surface area (Å²) in [6, 6.07) is 21.4. The van der Waals surface area contributed by atoms with Crippen LogP contribution in [0, 0.1) is 11.1 Å². The van der Waals surface area contributed by atoms with Crippen molar-refractivity contribution in [3.63, 3.8) is 0 Å². The van der Waals surface area contributed by atoms with E-state index in [4.69, 9.17) is 0 Å². The molecule has 0 spiro atoms. The molecule has 0 N–H and O–H groups in total. The molecule has 16 heavy (non-hydrogen) atoms.